The normalized spacial score (nSPS) is 14.9. The van der Waals surface area contributed by atoms with E-state index in [4.69, 9.17) is 0 Å². The predicted molar refractivity (Wildman–Crippen MR) is 129 cm³/mol. The largest absolute Gasteiger partial charge is 0.372 e. The Morgan fingerprint density at radius 3 is 2.61 bits per heavy atom. The van der Waals surface area contributed by atoms with Gasteiger partial charge in [-0.05, 0) is 63.4 Å². The lowest BCUT2D eigenvalue weighted by Crippen LogP contribution is -2.39. The van der Waals surface area contributed by atoms with E-state index >= 15 is 0 Å². The number of rotatable bonds is 8. The van der Waals surface area contributed by atoms with E-state index in [1.54, 1.807) is 0 Å². The molecule has 0 saturated carbocycles. The number of nitrogens with zero attached hydrogens (tertiary/aromatic N) is 2. The minimum atomic E-state index is -0.0658. The fraction of sp³-hybridized carbons (Fsp3) is 0.440. The van der Waals surface area contributed by atoms with Crippen LogP contribution in [0.4, 0.5) is 5.69 Å². The van der Waals surface area contributed by atoms with Crippen LogP contribution in [-0.4, -0.2) is 44.6 Å². The average molecular weight is 422 g/mol. The molecule has 31 heavy (non-hydrogen) atoms. The Labute approximate surface area is 186 Å². The maximum atomic E-state index is 12.3. The van der Waals surface area contributed by atoms with Crippen LogP contribution >= 0.6 is 0 Å². The molecular weight excluding hydrogens is 386 g/mol. The van der Waals surface area contributed by atoms with Crippen molar-refractivity contribution in [3.8, 4) is 0 Å². The summed E-state index contributed by atoms with van der Waals surface area (Å²) >= 11 is 0. The van der Waals surface area contributed by atoms with Crippen LogP contribution in [0.15, 0.2) is 53.5 Å². The zero-order valence-electron chi connectivity index (χ0n) is 18.9. The number of hydrogen-bond acceptors (Lipinski definition) is 3. The Balaban J connectivity index is 1.54. The van der Waals surface area contributed by atoms with E-state index in [0.29, 0.717) is 18.7 Å². The molecule has 166 valence electrons. The van der Waals surface area contributed by atoms with Gasteiger partial charge >= 0.3 is 0 Å². The molecule has 1 aliphatic heterocycles. The zero-order valence-corrected chi connectivity index (χ0v) is 18.9. The van der Waals surface area contributed by atoms with Crippen molar-refractivity contribution in [3.63, 3.8) is 0 Å². The molecule has 1 amide bonds. The molecule has 0 spiro atoms. The molecule has 1 atom stereocenters. The van der Waals surface area contributed by atoms with Gasteiger partial charge < -0.3 is 20.9 Å². The molecule has 6 heteroatoms. The van der Waals surface area contributed by atoms with Gasteiger partial charge in [0.15, 0.2) is 5.96 Å². The lowest BCUT2D eigenvalue weighted by atomic mass is 10.1. The third kappa shape index (κ3) is 6.74. The van der Waals surface area contributed by atoms with Crippen LogP contribution in [-0.2, 0) is 0 Å². The first kappa shape index (κ1) is 22.7. The molecule has 0 bridgehead atoms. The van der Waals surface area contributed by atoms with Crippen LogP contribution < -0.4 is 20.9 Å². The van der Waals surface area contributed by atoms with Gasteiger partial charge in [0.2, 0.25) is 0 Å². The maximum Gasteiger partial charge on any atom is 0.251 e. The highest BCUT2D eigenvalue weighted by atomic mass is 16.1. The van der Waals surface area contributed by atoms with Crippen LogP contribution in [0, 0.1) is 6.92 Å². The number of amides is 1. The number of anilines is 1. The van der Waals surface area contributed by atoms with Crippen LogP contribution in [0.3, 0.4) is 0 Å². The van der Waals surface area contributed by atoms with Gasteiger partial charge in [-0.3, -0.25) is 9.79 Å². The second-order valence-electron chi connectivity index (χ2n) is 8.04. The Morgan fingerprint density at radius 2 is 1.87 bits per heavy atom. The van der Waals surface area contributed by atoms with Gasteiger partial charge in [0.05, 0.1) is 12.6 Å². The number of benzene rings is 2. The molecule has 3 N–H and O–H groups in total. The standard InChI is InChI=1S/C25H35N5O/c1-4-26-25(28-14-13-27-24(31)22-11-7-9-19(2)17-22)29-20(3)21-10-8-12-23(18-21)30-15-5-6-16-30/h7-12,17-18,20H,4-6,13-16H2,1-3H3,(H,27,31)(H2,26,28,29). The monoisotopic (exact) mass is 421 g/mol. The summed E-state index contributed by atoms with van der Waals surface area (Å²) in [6, 6.07) is 16.5. The van der Waals surface area contributed by atoms with Crippen molar-refractivity contribution in [1.29, 1.82) is 0 Å². The van der Waals surface area contributed by atoms with Crippen molar-refractivity contribution in [2.24, 2.45) is 4.99 Å². The summed E-state index contributed by atoms with van der Waals surface area (Å²) in [5, 5.41) is 9.72. The van der Waals surface area contributed by atoms with Gasteiger partial charge in [-0.15, -0.1) is 0 Å². The molecular formula is C25H35N5O. The third-order valence-corrected chi connectivity index (χ3v) is 5.49. The minimum Gasteiger partial charge on any atom is -0.372 e. The molecule has 3 rings (SSSR count). The highest BCUT2D eigenvalue weighted by Crippen LogP contribution is 2.23. The fourth-order valence-corrected chi connectivity index (χ4v) is 3.80. The van der Waals surface area contributed by atoms with E-state index in [-0.39, 0.29) is 11.9 Å². The van der Waals surface area contributed by atoms with E-state index in [2.05, 4.69) is 64.0 Å². The van der Waals surface area contributed by atoms with Gasteiger partial charge in [0, 0.05) is 37.4 Å². The summed E-state index contributed by atoms with van der Waals surface area (Å²) in [5.41, 5.74) is 4.29. The average Bonchev–Trinajstić information content (AvgIpc) is 3.32. The van der Waals surface area contributed by atoms with Crippen LogP contribution in [0.2, 0.25) is 0 Å². The van der Waals surface area contributed by atoms with Crippen LogP contribution in [0.1, 0.15) is 54.2 Å². The smallest absolute Gasteiger partial charge is 0.251 e. The van der Waals surface area contributed by atoms with E-state index in [1.165, 1.54) is 24.1 Å². The topological polar surface area (TPSA) is 68.8 Å². The molecule has 1 heterocycles. The van der Waals surface area contributed by atoms with Gasteiger partial charge in [-0.25, -0.2) is 0 Å². The number of aliphatic imine (C=N–C) groups is 1. The SMILES string of the molecule is CCNC(=NCCNC(=O)c1cccc(C)c1)NC(C)c1cccc(N2CCCC2)c1. The first-order valence-electron chi connectivity index (χ1n) is 11.3. The number of guanidine groups is 1. The molecule has 0 radical (unpaired) electrons. The molecule has 6 nitrogen and oxygen atoms in total. The first-order chi connectivity index (χ1) is 15.1. The molecule has 1 fully saturated rings. The third-order valence-electron chi connectivity index (χ3n) is 5.49. The summed E-state index contributed by atoms with van der Waals surface area (Å²) in [5.74, 6) is 0.690. The lowest BCUT2D eigenvalue weighted by Gasteiger charge is -2.22. The highest BCUT2D eigenvalue weighted by Gasteiger charge is 2.14. The molecule has 0 aliphatic carbocycles. The minimum absolute atomic E-state index is 0.0658. The van der Waals surface area contributed by atoms with Crippen molar-refractivity contribution in [3.05, 3.63) is 65.2 Å². The van der Waals surface area contributed by atoms with Crippen LogP contribution in [0.25, 0.3) is 0 Å². The second kappa shape index (κ2) is 11.4. The number of carbonyl (C=O) groups excluding carboxylic acids is 1. The molecule has 1 saturated heterocycles. The summed E-state index contributed by atoms with van der Waals surface area (Å²) in [6.07, 6.45) is 2.55. The van der Waals surface area contributed by atoms with E-state index in [1.807, 2.05) is 31.2 Å². The number of hydrogen-bond donors (Lipinski definition) is 3. The van der Waals surface area contributed by atoms with Gasteiger partial charge in [-0.1, -0.05) is 29.8 Å². The van der Waals surface area contributed by atoms with Gasteiger partial charge in [-0.2, -0.15) is 0 Å². The maximum absolute atomic E-state index is 12.3. The van der Waals surface area contributed by atoms with Crippen molar-refractivity contribution in [1.82, 2.24) is 16.0 Å². The Bertz CT molecular complexity index is 889. The molecule has 0 aromatic heterocycles. The number of nitrogens with one attached hydrogen (secondary N) is 3. The second-order valence-corrected chi connectivity index (χ2v) is 8.04. The predicted octanol–water partition coefficient (Wildman–Crippen LogP) is 3.64. The van der Waals surface area contributed by atoms with Crippen molar-refractivity contribution in [2.75, 3.05) is 37.6 Å². The molecule has 2 aromatic rings. The van der Waals surface area contributed by atoms with Gasteiger partial charge in [0.1, 0.15) is 0 Å². The van der Waals surface area contributed by atoms with E-state index in [0.717, 1.165) is 31.2 Å². The summed E-state index contributed by atoms with van der Waals surface area (Å²) < 4.78 is 0. The quantitative estimate of drug-likeness (QED) is 0.346. The summed E-state index contributed by atoms with van der Waals surface area (Å²) in [6.45, 7) is 10.2. The van der Waals surface area contributed by atoms with Gasteiger partial charge in [0.25, 0.3) is 5.91 Å². The Kier molecular flexibility index (Phi) is 8.33. The van der Waals surface area contributed by atoms with E-state index < -0.39 is 0 Å². The van der Waals surface area contributed by atoms with E-state index in [9.17, 15) is 4.79 Å². The Morgan fingerprint density at radius 1 is 1.10 bits per heavy atom. The van der Waals surface area contributed by atoms with Crippen molar-refractivity contribution < 1.29 is 4.79 Å². The molecule has 1 aliphatic rings. The zero-order chi connectivity index (χ0) is 22.1. The fourth-order valence-electron chi connectivity index (χ4n) is 3.80. The number of aryl methyl sites for hydroxylation is 1. The number of carbonyl (C=O) groups is 1. The first-order valence-corrected chi connectivity index (χ1v) is 11.3. The van der Waals surface area contributed by atoms with Crippen molar-refractivity contribution >= 4 is 17.6 Å². The lowest BCUT2D eigenvalue weighted by molar-refractivity contribution is 0.0954. The molecule has 1 unspecified atom stereocenters. The van der Waals surface area contributed by atoms with Crippen LogP contribution in [0.5, 0.6) is 0 Å². The summed E-state index contributed by atoms with van der Waals surface area (Å²) in [7, 11) is 0. The molecule has 2 aromatic carbocycles. The highest BCUT2D eigenvalue weighted by molar-refractivity contribution is 5.94. The Hall–Kier alpha value is -3.02. The summed E-state index contributed by atoms with van der Waals surface area (Å²) in [4.78, 5) is 19.4. The van der Waals surface area contributed by atoms with Crippen molar-refractivity contribution in [2.45, 2.75) is 39.7 Å².